The summed E-state index contributed by atoms with van der Waals surface area (Å²) in [5, 5.41) is 5.03. The van der Waals surface area contributed by atoms with Crippen molar-refractivity contribution in [1.82, 2.24) is 0 Å². The normalized spacial score (nSPS) is 10.6. The molecule has 0 spiro atoms. The first-order valence-corrected chi connectivity index (χ1v) is 7.36. The highest BCUT2D eigenvalue weighted by molar-refractivity contribution is 6.42. The number of ether oxygens (including phenoxy) is 2. The summed E-state index contributed by atoms with van der Waals surface area (Å²) in [7, 11) is 1.50. The molecule has 0 fully saturated rings. The SMILES string of the molecule is COc1cc(/C=N\Nc2ccc(Cl)c(Cl)c2)ccc1OC(C)=O. The minimum atomic E-state index is -0.411. The predicted molar refractivity (Wildman–Crippen MR) is 92.0 cm³/mol. The van der Waals surface area contributed by atoms with Crippen molar-refractivity contribution in [3.8, 4) is 11.5 Å². The molecule has 0 aliphatic rings. The van der Waals surface area contributed by atoms with Gasteiger partial charge in [0.25, 0.3) is 0 Å². The fraction of sp³-hybridized carbons (Fsp3) is 0.125. The van der Waals surface area contributed by atoms with E-state index >= 15 is 0 Å². The Bertz CT molecular complexity index is 748. The molecule has 7 heteroatoms. The van der Waals surface area contributed by atoms with E-state index in [1.54, 1.807) is 42.6 Å². The van der Waals surface area contributed by atoms with Gasteiger partial charge in [0.05, 0.1) is 29.1 Å². The molecule has 2 aromatic carbocycles. The van der Waals surface area contributed by atoms with E-state index in [2.05, 4.69) is 10.5 Å². The number of anilines is 1. The van der Waals surface area contributed by atoms with Gasteiger partial charge in [0.2, 0.25) is 0 Å². The van der Waals surface area contributed by atoms with Crippen LogP contribution in [0.25, 0.3) is 0 Å². The average Bonchev–Trinajstić information content (AvgIpc) is 2.51. The number of carbonyl (C=O) groups is 1. The number of carbonyl (C=O) groups excluding carboxylic acids is 1. The van der Waals surface area contributed by atoms with Crippen LogP contribution < -0.4 is 14.9 Å². The standard InChI is InChI=1S/C16H14Cl2N2O3/c1-10(21)23-15-6-3-11(7-16(15)22-2)9-19-20-12-4-5-13(17)14(18)8-12/h3-9,20H,1-2H3/b19-9-. The van der Waals surface area contributed by atoms with Crippen LogP contribution in [0.3, 0.4) is 0 Å². The smallest absolute Gasteiger partial charge is 0.308 e. The van der Waals surface area contributed by atoms with Gasteiger partial charge in [0.1, 0.15) is 0 Å². The highest BCUT2D eigenvalue weighted by Crippen LogP contribution is 2.28. The summed E-state index contributed by atoms with van der Waals surface area (Å²) in [6, 6.07) is 10.2. The molecule has 1 N–H and O–H groups in total. The van der Waals surface area contributed by atoms with Crippen LogP contribution in [0, 0.1) is 0 Å². The Hall–Kier alpha value is -2.24. The molecule has 0 amide bonds. The fourth-order valence-electron chi connectivity index (χ4n) is 1.75. The van der Waals surface area contributed by atoms with Crippen LogP contribution in [0.5, 0.6) is 11.5 Å². The Balaban J connectivity index is 2.09. The lowest BCUT2D eigenvalue weighted by Gasteiger charge is -2.08. The summed E-state index contributed by atoms with van der Waals surface area (Å²) in [4.78, 5) is 11.0. The number of benzene rings is 2. The number of esters is 1. The molecule has 2 rings (SSSR count). The van der Waals surface area contributed by atoms with Crippen molar-refractivity contribution in [3.63, 3.8) is 0 Å². The number of methoxy groups -OCH3 is 1. The van der Waals surface area contributed by atoms with Gasteiger partial charge < -0.3 is 9.47 Å². The zero-order valence-corrected chi connectivity index (χ0v) is 14.0. The van der Waals surface area contributed by atoms with Crippen molar-refractivity contribution < 1.29 is 14.3 Å². The van der Waals surface area contributed by atoms with Crippen LogP contribution in [0.15, 0.2) is 41.5 Å². The van der Waals surface area contributed by atoms with E-state index in [9.17, 15) is 4.79 Å². The molecule has 0 aliphatic carbocycles. The number of rotatable bonds is 5. The summed E-state index contributed by atoms with van der Waals surface area (Å²) in [5.41, 5.74) is 4.32. The lowest BCUT2D eigenvalue weighted by atomic mass is 10.2. The topological polar surface area (TPSA) is 59.9 Å². The van der Waals surface area contributed by atoms with Crippen molar-refractivity contribution in [3.05, 3.63) is 52.0 Å². The van der Waals surface area contributed by atoms with Crippen molar-refractivity contribution in [1.29, 1.82) is 0 Å². The zero-order chi connectivity index (χ0) is 16.8. The van der Waals surface area contributed by atoms with E-state index in [1.807, 2.05) is 0 Å². The van der Waals surface area contributed by atoms with Crippen LogP contribution in [-0.2, 0) is 4.79 Å². The maximum Gasteiger partial charge on any atom is 0.308 e. The highest BCUT2D eigenvalue weighted by atomic mass is 35.5. The average molecular weight is 353 g/mol. The molecule has 0 aliphatic heterocycles. The van der Waals surface area contributed by atoms with Gasteiger partial charge in [-0.3, -0.25) is 10.2 Å². The Labute approximate surface area is 143 Å². The molecule has 0 atom stereocenters. The number of hydrogen-bond donors (Lipinski definition) is 1. The molecular weight excluding hydrogens is 339 g/mol. The summed E-state index contributed by atoms with van der Waals surface area (Å²) >= 11 is 11.8. The summed E-state index contributed by atoms with van der Waals surface area (Å²) in [6.45, 7) is 1.33. The van der Waals surface area contributed by atoms with Gasteiger partial charge in [-0.05, 0) is 42.0 Å². The molecule has 0 bridgehead atoms. The fourth-order valence-corrected chi connectivity index (χ4v) is 2.05. The summed E-state index contributed by atoms with van der Waals surface area (Å²) in [6.07, 6.45) is 1.60. The van der Waals surface area contributed by atoms with E-state index in [4.69, 9.17) is 32.7 Å². The predicted octanol–water partition coefficient (Wildman–Crippen LogP) is 4.37. The highest BCUT2D eigenvalue weighted by Gasteiger charge is 2.07. The maximum atomic E-state index is 11.0. The third-order valence-electron chi connectivity index (χ3n) is 2.77. The molecule has 5 nitrogen and oxygen atoms in total. The second kappa shape index (κ2) is 7.85. The second-order valence-electron chi connectivity index (χ2n) is 4.50. The number of nitrogens with one attached hydrogen (secondary N) is 1. The van der Waals surface area contributed by atoms with Crippen molar-refractivity contribution >= 4 is 41.1 Å². The lowest BCUT2D eigenvalue weighted by Crippen LogP contribution is -2.03. The van der Waals surface area contributed by atoms with Gasteiger partial charge in [0, 0.05) is 6.92 Å². The first-order valence-electron chi connectivity index (χ1n) is 6.60. The molecule has 23 heavy (non-hydrogen) atoms. The van der Waals surface area contributed by atoms with Gasteiger partial charge in [-0.1, -0.05) is 23.2 Å². The monoisotopic (exact) mass is 352 g/mol. The van der Waals surface area contributed by atoms with Crippen LogP contribution in [0.2, 0.25) is 10.0 Å². The third kappa shape index (κ3) is 4.87. The summed E-state index contributed by atoms with van der Waals surface area (Å²) < 4.78 is 10.2. The number of nitrogens with zero attached hydrogens (tertiary/aromatic N) is 1. The number of halogens is 2. The zero-order valence-electron chi connectivity index (χ0n) is 12.5. The molecule has 0 aromatic heterocycles. The molecule has 0 heterocycles. The first-order chi connectivity index (χ1) is 11.0. The summed E-state index contributed by atoms with van der Waals surface area (Å²) in [5.74, 6) is 0.388. The Morgan fingerprint density at radius 1 is 1.13 bits per heavy atom. The maximum absolute atomic E-state index is 11.0. The van der Waals surface area contributed by atoms with Crippen molar-refractivity contribution in [2.24, 2.45) is 5.10 Å². The van der Waals surface area contributed by atoms with Crippen LogP contribution in [0.4, 0.5) is 5.69 Å². The van der Waals surface area contributed by atoms with E-state index < -0.39 is 5.97 Å². The minimum absolute atomic E-state index is 0.356. The molecule has 2 aromatic rings. The number of hydrazone groups is 1. The van der Waals surface area contributed by atoms with Crippen molar-refractivity contribution in [2.75, 3.05) is 12.5 Å². The molecule has 0 radical (unpaired) electrons. The van der Waals surface area contributed by atoms with Crippen molar-refractivity contribution in [2.45, 2.75) is 6.92 Å². The first kappa shape index (κ1) is 17.1. The van der Waals surface area contributed by atoms with E-state index in [-0.39, 0.29) is 0 Å². The van der Waals surface area contributed by atoms with Crippen LogP contribution in [-0.4, -0.2) is 19.3 Å². The quantitative estimate of drug-likeness (QED) is 0.375. The van der Waals surface area contributed by atoms with Gasteiger partial charge in [0.15, 0.2) is 11.5 Å². The molecule has 0 saturated heterocycles. The third-order valence-corrected chi connectivity index (χ3v) is 3.51. The second-order valence-corrected chi connectivity index (χ2v) is 5.32. The van der Waals surface area contributed by atoms with Gasteiger partial charge in [-0.25, -0.2) is 0 Å². The van der Waals surface area contributed by atoms with Gasteiger partial charge in [-0.2, -0.15) is 5.10 Å². The van der Waals surface area contributed by atoms with Crippen LogP contribution >= 0.6 is 23.2 Å². The van der Waals surface area contributed by atoms with E-state index in [1.165, 1.54) is 14.0 Å². The molecule has 0 unspecified atom stereocenters. The molecular formula is C16H14Cl2N2O3. The van der Waals surface area contributed by atoms with Gasteiger partial charge >= 0.3 is 5.97 Å². The Morgan fingerprint density at radius 2 is 1.91 bits per heavy atom. The van der Waals surface area contributed by atoms with Gasteiger partial charge in [-0.15, -0.1) is 0 Å². The van der Waals surface area contributed by atoms with E-state index in [0.29, 0.717) is 27.2 Å². The largest absolute Gasteiger partial charge is 0.493 e. The Morgan fingerprint density at radius 3 is 2.57 bits per heavy atom. The minimum Gasteiger partial charge on any atom is -0.493 e. The molecule has 0 saturated carbocycles. The lowest BCUT2D eigenvalue weighted by molar-refractivity contribution is -0.132. The van der Waals surface area contributed by atoms with Crippen LogP contribution in [0.1, 0.15) is 12.5 Å². The number of hydrogen-bond acceptors (Lipinski definition) is 5. The molecule has 120 valence electrons. The van der Waals surface area contributed by atoms with E-state index in [0.717, 1.165) is 5.56 Å². The Kier molecular flexibility index (Phi) is 5.84.